The van der Waals surface area contributed by atoms with Crippen LogP contribution in [0.5, 0.6) is 5.75 Å². The summed E-state index contributed by atoms with van der Waals surface area (Å²) in [6, 6.07) is 19.9. The third kappa shape index (κ3) is 6.18. The maximum absolute atomic E-state index is 15.8. The number of H-pyrrole nitrogens is 1. The van der Waals surface area contributed by atoms with E-state index in [2.05, 4.69) is 14.7 Å². The summed E-state index contributed by atoms with van der Waals surface area (Å²) in [6.07, 6.45) is 2.00. The number of ether oxygens (including phenoxy) is 1. The van der Waals surface area contributed by atoms with E-state index in [1.165, 1.54) is 29.1 Å². The molecule has 10 nitrogen and oxygen atoms in total. The van der Waals surface area contributed by atoms with Crippen LogP contribution in [-0.2, 0) is 13.1 Å². The summed E-state index contributed by atoms with van der Waals surface area (Å²) in [5.74, 6) is -0.572. The number of carbonyl (C=O) groups is 1. The molecule has 0 atom stereocenters. The molecule has 1 fully saturated rings. The zero-order valence-electron chi connectivity index (χ0n) is 24.9. The first-order valence-electron chi connectivity index (χ1n) is 14.2. The molecule has 1 aliphatic rings. The first-order chi connectivity index (χ1) is 21.8. The molecule has 0 unspecified atom stereocenters. The van der Waals surface area contributed by atoms with Gasteiger partial charge in [-0.15, -0.1) is 11.3 Å². The molecule has 1 aliphatic carbocycles. The number of nitrogens with zero attached hydrogens (tertiary/aromatic N) is 3. The third-order valence-corrected chi connectivity index (χ3v) is 9.24. The van der Waals surface area contributed by atoms with Crippen LogP contribution >= 0.6 is 11.3 Å². The molecular weight excluding hydrogens is 639 g/mol. The molecule has 0 bridgehead atoms. The Hall–Kier alpha value is -3.72. The summed E-state index contributed by atoms with van der Waals surface area (Å²) in [6.45, 7) is -0.613. The minimum atomic E-state index is -0.705. The quantitative estimate of drug-likeness (QED) is 0.174. The van der Waals surface area contributed by atoms with E-state index in [0.717, 1.165) is 22.3 Å². The van der Waals surface area contributed by atoms with E-state index < -0.39 is 35.2 Å². The predicted molar refractivity (Wildman–Crippen MR) is 172 cm³/mol. The van der Waals surface area contributed by atoms with Gasteiger partial charge in [0.05, 0.1) is 25.6 Å². The van der Waals surface area contributed by atoms with Crippen LogP contribution in [0.4, 0.5) is 4.39 Å². The molecule has 0 aliphatic heterocycles. The average Bonchev–Trinajstić information content (AvgIpc) is 3.66. The normalized spacial score (nSPS) is 12.7. The van der Waals surface area contributed by atoms with Crippen molar-refractivity contribution in [1.29, 1.82) is 0 Å². The second-order valence-corrected chi connectivity index (χ2v) is 11.9. The van der Waals surface area contributed by atoms with Crippen molar-refractivity contribution in [3.05, 3.63) is 126 Å². The third-order valence-electron chi connectivity index (χ3n) is 7.92. The monoisotopic (exact) mass is 663 g/mol. The molecule has 1 saturated carbocycles. The van der Waals surface area contributed by atoms with Crippen molar-refractivity contribution in [2.75, 3.05) is 7.11 Å². The fourth-order valence-corrected chi connectivity index (χ4v) is 6.69. The number of Topliss-reactive ketones (excluding diaryl/α,β-unsaturated/α-hetero) is 1. The number of benzene rings is 3. The molecule has 46 heavy (non-hydrogen) atoms. The molecular formula is C33H25FKN4O6S. The number of nitrogens with one attached hydrogen (secondary N) is 1. The summed E-state index contributed by atoms with van der Waals surface area (Å²) >= 11 is 1.36. The molecule has 0 saturated heterocycles. The van der Waals surface area contributed by atoms with Gasteiger partial charge in [-0.25, -0.2) is 14.0 Å². The van der Waals surface area contributed by atoms with Crippen LogP contribution in [0.2, 0.25) is 0 Å². The number of carbonyl (C=O) groups excluding carboxylic acids is 1. The van der Waals surface area contributed by atoms with Crippen molar-refractivity contribution in [2.24, 2.45) is 0 Å². The van der Waals surface area contributed by atoms with Gasteiger partial charge in [0.15, 0.2) is 11.6 Å². The molecule has 0 amide bonds. The number of thiophene rings is 1. The second kappa shape index (κ2) is 13.2. The number of rotatable bonds is 9. The average molecular weight is 664 g/mol. The van der Waals surface area contributed by atoms with Crippen LogP contribution < -0.4 is 21.7 Å². The van der Waals surface area contributed by atoms with E-state index >= 15 is 4.39 Å². The number of aromatic amines is 1. The van der Waals surface area contributed by atoms with Crippen LogP contribution in [0, 0.1) is 5.82 Å². The smallest absolute Gasteiger partial charge is 0.439 e. The molecule has 0 spiro atoms. The first kappa shape index (κ1) is 32.2. The molecule has 3 heterocycles. The summed E-state index contributed by atoms with van der Waals surface area (Å²) in [5.41, 5.74) is 1.00. The number of methoxy groups -OCH3 is 1. The van der Waals surface area contributed by atoms with Gasteiger partial charge in [0.25, 0.3) is 5.56 Å². The zero-order chi connectivity index (χ0) is 31.2. The van der Waals surface area contributed by atoms with Gasteiger partial charge < -0.3 is 4.74 Å². The number of aromatic nitrogens is 4. The van der Waals surface area contributed by atoms with Crippen LogP contribution in [0.15, 0.2) is 91.7 Å². The fraction of sp³-hybridized carbons (Fsp3) is 0.182. The van der Waals surface area contributed by atoms with E-state index in [1.54, 1.807) is 66.7 Å². The number of fused-ring (bicyclic) bond motifs is 1. The summed E-state index contributed by atoms with van der Waals surface area (Å²) in [4.78, 5) is 56.1. The van der Waals surface area contributed by atoms with Crippen molar-refractivity contribution in [3.63, 3.8) is 0 Å². The van der Waals surface area contributed by atoms with E-state index in [4.69, 9.17) is 4.74 Å². The van der Waals surface area contributed by atoms with Crippen LogP contribution in [0.25, 0.3) is 32.7 Å². The molecule has 3 aromatic heterocycles. The van der Waals surface area contributed by atoms with Crippen molar-refractivity contribution in [1.82, 2.24) is 19.3 Å². The van der Waals surface area contributed by atoms with Gasteiger partial charge in [-0.1, -0.05) is 41.6 Å². The fourth-order valence-electron chi connectivity index (χ4n) is 5.38. The Morgan fingerprint density at radius 3 is 2.41 bits per heavy atom. The van der Waals surface area contributed by atoms with Crippen LogP contribution in [-0.4, -0.2) is 83.6 Å². The molecule has 1 N–H and O–H groups in total. The Kier molecular flexibility index (Phi) is 9.23. The Balaban J connectivity index is 0.00000372. The van der Waals surface area contributed by atoms with Crippen molar-refractivity contribution in [2.45, 2.75) is 31.8 Å². The molecule has 13 heteroatoms. The summed E-state index contributed by atoms with van der Waals surface area (Å²) in [5, 5.41) is 4.09. The second-order valence-electron chi connectivity index (χ2n) is 10.8. The zero-order valence-corrected chi connectivity index (χ0v) is 28.9. The Morgan fingerprint density at radius 2 is 1.76 bits per heavy atom. The minimum absolute atomic E-state index is 0. The number of hydrogen-bond acceptors (Lipinski definition) is 8. The Morgan fingerprint density at radius 1 is 1.02 bits per heavy atom. The summed E-state index contributed by atoms with van der Waals surface area (Å²) in [7, 11) is 1.52. The molecule has 7 rings (SSSR count). The number of halogens is 1. The molecule has 6 aromatic rings. The van der Waals surface area contributed by atoms with Gasteiger partial charge in [-0.3, -0.25) is 28.2 Å². The topological polar surface area (TPSA) is 129 Å². The van der Waals surface area contributed by atoms with E-state index in [-0.39, 0.29) is 69.3 Å². The molecule has 1 radical (unpaired) electrons. The van der Waals surface area contributed by atoms with Gasteiger partial charge in [-0.2, -0.15) is 0 Å². The van der Waals surface area contributed by atoms with Crippen molar-refractivity contribution < 1.29 is 18.4 Å². The standard InChI is InChI=1S/C33H25FN4O6S.K/c1-43-22-12-10-18(11-13-22)27(39)17-37-30(40)25-15-28(19-6-7-19)45-31(25)38(33(37)42)16-21-9-8-20(14-26(21)34)23-4-2-3-5-24(23)29-35-32(41)44-36-29;/h2-5,8-15,19H,6-7,16-17H2,1H3,(H,35,36,41);. The Bertz CT molecular complexity index is 2280. The first-order valence-corrected chi connectivity index (χ1v) is 15.0. The van der Waals surface area contributed by atoms with Gasteiger partial charge in [0, 0.05) is 73.0 Å². The van der Waals surface area contributed by atoms with Gasteiger partial charge in [-0.05, 0) is 66.3 Å². The SMILES string of the molecule is COc1ccc(C(=O)Cn2c(=O)c3cc(C4CC4)sc3n(Cc3ccc(-c4ccccc4-c4noc(=O)[nH]4)cc3F)c2=O)cc1.[K]. The maximum Gasteiger partial charge on any atom is 0.439 e. The number of hydrogen-bond donors (Lipinski definition) is 1. The van der Waals surface area contributed by atoms with Crippen LogP contribution in [0.3, 0.4) is 0 Å². The van der Waals surface area contributed by atoms with E-state index in [0.29, 0.717) is 44.1 Å². The van der Waals surface area contributed by atoms with E-state index in [1.807, 2.05) is 0 Å². The van der Waals surface area contributed by atoms with Crippen molar-refractivity contribution in [3.8, 4) is 28.3 Å². The maximum atomic E-state index is 15.8. The van der Waals surface area contributed by atoms with Gasteiger partial charge in [0.1, 0.15) is 16.4 Å². The predicted octanol–water partition coefficient (Wildman–Crippen LogP) is 4.81. The van der Waals surface area contributed by atoms with Crippen molar-refractivity contribution >= 4 is 78.7 Å². The molecule has 3 aromatic carbocycles. The minimum Gasteiger partial charge on any atom is -0.497 e. The van der Waals surface area contributed by atoms with E-state index in [9.17, 15) is 19.2 Å². The summed E-state index contributed by atoms with van der Waals surface area (Å²) < 4.78 is 27.9. The van der Waals surface area contributed by atoms with Gasteiger partial charge in [0.2, 0.25) is 0 Å². The Labute approximate surface area is 306 Å². The van der Waals surface area contributed by atoms with Gasteiger partial charge >= 0.3 is 11.4 Å². The molecule has 227 valence electrons. The largest absolute Gasteiger partial charge is 0.497 e. The van der Waals surface area contributed by atoms with Crippen LogP contribution in [0.1, 0.15) is 39.6 Å². The number of ketones is 1.